The third-order valence-electron chi connectivity index (χ3n) is 3.86. The number of para-hydroxylation sites is 1. The van der Waals surface area contributed by atoms with Gasteiger partial charge in [0.05, 0.1) is 6.54 Å². The molecule has 0 saturated heterocycles. The smallest absolute Gasteiger partial charge is 0.243 e. The van der Waals surface area contributed by atoms with Crippen LogP contribution in [0.3, 0.4) is 0 Å². The first-order chi connectivity index (χ1) is 11.0. The van der Waals surface area contributed by atoms with Crippen molar-refractivity contribution >= 4 is 18.3 Å². The summed E-state index contributed by atoms with van der Waals surface area (Å²) < 4.78 is 5.72. The van der Waals surface area contributed by atoms with Crippen molar-refractivity contribution in [2.75, 3.05) is 20.2 Å². The van der Waals surface area contributed by atoms with Gasteiger partial charge in [-0.25, -0.2) is 0 Å². The Morgan fingerprint density at radius 2 is 1.75 bits per heavy atom. The van der Waals surface area contributed by atoms with Gasteiger partial charge < -0.3 is 15.4 Å². The molecule has 2 aromatic carbocycles. The van der Waals surface area contributed by atoms with Crippen molar-refractivity contribution in [3.05, 3.63) is 65.2 Å². The van der Waals surface area contributed by atoms with Crippen LogP contribution in [-0.4, -0.2) is 31.0 Å². The summed E-state index contributed by atoms with van der Waals surface area (Å²) in [7, 11) is 1.75. The summed E-state index contributed by atoms with van der Waals surface area (Å²) >= 11 is 0. The molecule has 0 aliphatic carbocycles. The van der Waals surface area contributed by atoms with Gasteiger partial charge in [-0.05, 0) is 31.0 Å². The Morgan fingerprint density at radius 3 is 2.38 bits per heavy atom. The Bertz CT molecular complexity index is 659. The van der Waals surface area contributed by atoms with Gasteiger partial charge in [0.1, 0.15) is 18.4 Å². The first-order valence-corrected chi connectivity index (χ1v) is 7.74. The third kappa shape index (κ3) is 5.25. The maximum Gasteiger partial charge on any atom is 0.243 e. The highest BCUT2D eigenvalue weighted by Gasteiger charge is 2.19. The van der Waals surface area contributed by atoms with Crippen molar-refractivity contribution in [3.63, 3.8) is 0 Å². The number of halogens is 1. The molecule has 2 N–H and O–H groups in total. The molecule has 2 rings (SSSR count). The molecule has 130 valence electrons. The van der Waals surface area contributed by atoms with E-state index in [9.17, 15) is 4.79 Å². The molecule has 0 aliphatic rings. The van der Waals surface area contributed by atoms with Gasteiger partial charge in [-0.2, -0.15) is 0 Å². The maximum atomic E-state index is 12.4. The molecule has 4 nitrogen and oxygen atoms in total. The Balaban J connectivity index is 0.00000288. The summed E-state index contributed by atoms with van der Waals surface area (Å²) in [5.41, 5.74) is 9.12. The van der Waals surface area contributed by atoms with Crippen LogP contribution in [0.2, 0.25) is 0 Å². The third-order valence-corrected chi connectivity index (χ3v) is 3.86. The summed E-state index contributed by atoms with van der Waals surface area (Å²) in [6.45, 7) is 4.93. The highest BCUT2D eigenvalue weighted by molar-refractivity contribution is 5.85. The number of rotatable bonds is 6. The van der Waals surface area contributed by atoms with Crippen LogP contribution in [0.4, 0.5) is 0 Å². The molecule has 24 heavy (non-hydrogen) atoms. The first-order valence-electron chi connectivity index (χ1n) is 7.74. The number of aryl methyl sites for hydroxylation is 2. The van der Waals surface area contributed by atoms with E-state index in [0.29, 0.717) is 13.2 Å². The minimum Gasteiger partial charge on any atom is -0.491 e. The van der Waals surface area contributed by atoms with E-state index in [2.05, 4.69) is 0 Å². The normalized spacial score (nSPS) is 11.3. The van der Waals surface area contributed by atoms with Crippen LogP contribution in [-0.2, 0) is 4.79 Å². The van der Waals surface area contributed by atoms with E-state index in [0.717, 1.165) is 22.4 Å². The van der Waals surface area contributed by atoms with Crippen LogP contribution in [0.1, 0.15) is 22.7 Å². The monoisotopic (exact) mass is 348 g/mol. The van der Waals surface area contributed by atoms with Crippen molar-refractivity contribution in [2.45, 2.75) is 19.9 Å². The van der Waals surface area contributed by atoms with Gasteiger partial charge >= 0.3 is 0 Å². The lowest BCUT2D eigenvalue weighted by Gasteiger charge is -2.22. The topological polar surface area (TPSA) is 55.6 Å². The van der Waals surface area contributed by atoms with Crippen molar-refractivity contribution in [2.24, 2.45) is 5.73 Å². The average Bonchev–Trinajstić information content (AvgIpc) is 2.56. The molecule has 2 aromatic rings. The van der Waals surface area contributed by atoms with E-state index in [1.807, 2.05) is 62.4 Å². The van der Waals surface area contributed by atoms with Gasteiger partial charge in [-0.1, -0.05) is 48.0 Å². The lowest BCUT2D eigenvalue weighted by Crippen LogP contribution is -2.38. The Morgan fingerprint density at radius 1 is 1.12 bits per heavy atom. The zero-order valence-electron chi connectivity index (χ0n) is 14.4. The standard InChI is InChI=1S/C19H24N2O2.ClH/c1-14-8-10-16(11-9-14)18(20)19(22)21(3)12-13-23-17-7-5-4-6-15(17)2;/h4-11,18H,12-13,20H2,1-3H3;1H. The molecule has 0 aromatic heterocycles. The minimum atomic E-state index is -0.640. The second kappa shape index (κ2) is 9.30. The van der Waals surface area contributed by atoms with Gasteiger partial charge in [0.15, 0.2) is 0 Å². The van der Waals surface area contributed by atoms with Crippen LogP contribution in [0.5, 0.6) is 5.75 Å². The van der Waals surface area contributed by atoms with E-state index >= 15 is 0 Å². The second-order valence-corrected chi connectivity index (χ2v) is 5.76. The molecule has 1 atom stereocenters. The molecule has 1 unspecified atom stereocenters. The number of hydrogen-bond donors (Lipinski definition) is 1. The Labute approximate surface area is 150 Å². The average molecular weight is 349 g/mol. The molecule has 5 heteroatoms. The zero-order valence-corrected chi connectivity index (χ0v) is 15.2. The van der Waals surface area contributed by atoms with Crippen molar-refractivity contribution in [1.82, 2.24) is 4.90 Å². The summed E-state index contributed by atoms with van der Waals surface area (Å²) in [5, 5.41) is 0. The molecule has 0 saturated carbocycles. The van der Waals surface area contributed by atoms with Gasteiger partial charge in [0.2, 0.25) is 5.91 Å². The first kappa shape index (κ1) is 20.0. The Kier molecular flexibility index (Phi) is 7.75. The van der Waals surface area contributed by atoms with E-state index in [4.69, 9.17) is 10.5 Å². The van der Waals surface area contributed by atoms with Crippen molar-refractivity contribution in [3.8, 4) is 5.75 Å². The summed E-state index contributed by atoms with van der Waals surface area (Å²) in [5.74, 6) is 0.735. The van der Waals surface area contributed by atoms with Crippen LogP contribution in [0.15, 0.2) is 48.5 Å². The van der Waals surface area contributed by atoms with E-state index in [1.54, 1.807) is 11.9 Å². The Hall–Kier alpha value is -2.04. The highest BCUT2D eigenvalue weighted by Crippen LogP contribution is 2.16. The lowest BCUT2D eigenvalue weighted by atomic mass is 10.1. The van der Waals surface area contributed by atoms with E-state index < -0.39 is 6.04 Å². The van der Waals surface area contributed by atoms with E-state index in [-0.39, 0.29) is 18.3 Å². The van der Waals surface area contributed by atoms with Crippen LogP contribution in [0, 0.1) is 13.8 Å². The van der Waals surface area contributed by atoms with E-state index in [1.165, 1.54) is 0 Å². The molecule has 0 aliphatic heterocycles. The number of amides is 1. The predicted molar refractivity (Wildman–Crippen MR) is 99.7 cm³/mol. The summed E-state index contributed by atoms with van der Waals surface area (Å²) in [6.07, 6.45) is 0. The number of likely N-dealkylation sites (N-methyl/N-ethyl adjacent to an activating group) is 1. The summed E-state index contributed by atoms with van der Waals surface area (Å²) in [6, 6.07) is 14.9. The molecule has 0 radical (unpaired) electrons. The number of nitrogens with two attached hydrogens (primary N) is 1. The largest absolute Gasteiger partial charge is 0.491 e. The van der Waals surface area contributed by atoms with Crippen LogP contribution in [0.25, 0.3) is 0 Å². The summed E-state index contributed by atoms with van der Waals surface area (Å²) in [4.78, 5) is 14.0. The number of carbonyl (C=O) groups excluding carboxylic acids is 1. The second-order valence-electron chi connectivity index (χ2n) is 5.76. The van der Waals surface area contributed by atoms with Crippen LogP contribution >= 0.6 is 12.4 Å². The molecule has 1 amide bonds. The molecule has 0 bridgehead atoms. The predicted octanol–water partition coefficient (Wildman–Crippen LogP) is 3.26. The van der Waals surface area contributed by atoms with Gasteiger partial charge in [-0.15, -0.1) is 12.4 Å². The highest BCUT2D eigenvalue weighted by atomic mass is 35.5. The van der Waals surface area contributed by atoms with Gasteiger partial charge in [-0.3, -0.25) is 4.79 Å². The van der Waals surface area contributed by atoms with Crippen LogP contribution < -0.4 is 10.5 Å². The number of ether oxygens (including phenoxy) is 1. The number of hydrogen-bond acceptors (Lipinski definition) is 3. The number of nitrogens with zero attached hydrogens (tertiary/aromatic N) is 1. The fraction of sp³-hybridized carbons (Fsp3) is 0.316. The van der Waals surface area contributed by atoms with Gasteiger partial charge in [0.25, 0.3) is 0 Å². The number of carbonyl (C=O) groups is 1. The van der Waals surface area contributed by atoms with Crippen molar-refractivity contribution < 1.29 is 9.53 Å². The minimum absolute atomic E-state index is 0. The molecule has 0 spiro atoms. The molecule has 0 fully saturated rings. The molecular weight excluding hydrogens is 324 g/mol. The van der Waals surface area contributed by atoms with Gasteiger partial charge in [0, 0.05) is 7.05 Å². The molecular formula is C19H25ClN2O2. The zero-order chi connectivity index (χ0) is 16.8. The molecule has 0 heterocycles. The lowest BCUT2D eigenvalue weighted by molar-refractivity contribution is -0.131. The van der Waals surface area contributed by atoms with Crippen molar-refractivity contribution in [1.29, 1.82) is 0 Å². The fourth-order valence-corrected chi connectivity index (χ4v) is 2.27. The number of benzene rings is 2. The SMILES string of the molecule is Cc1ccc(C(N)C(=O)N(C)CCOc2ccccc2C)cc1.Cl. The maximum absolute atomic E-state index is 12.4. The quantitative estimate of drug-likeness (QED) is 0.871. The fourth-order valence-electron chi connectivity index (χ4n) is 2.27.